The SMILES string of the molecule is CC.CCC.Cc1ccc2cccc3c2c1[CH-]C=C3.[Y]. The summed E-state index contributed by atoms with van der Waals surface area (Å²) >= 11 is 0. The van der Waals surface area contributed by atoms with Crippen LogP contribution in [0, 0.1) is 13.3 Å². The number of benzene rings is 2. The van der Waals surface area contributed by atoms with Gasteiger partial charge in [0.25, 0.3) is 0 Å². The maximum atomic E-state index is 2.20. The quantitative estimate of drug-likeness (QED) is 0.502. The molecular weight excluding hydrogens is 317 g/mol. The molecule has 0 saturated heterocycles. The summed E-state index contributed by atoms with van der Waals surface area (Å²) in [6.45, 7) is 10.4. The second-order valence-electron chi connectivity index (χ2n) is 4.47. The van der Waals surface area contributed by atoms with E-state index in [-0.39, 0.29) is 32.7 Å². The van der Waals surface area contributed by atoms with E-state index in [4.69, 9.17) is 0 Å². The van der Waals surface area contributed by atoms with Crippen LogP contribution in [0.1, 0.15) is 50.8 Å². The Morgan fingerprint density at radius 1 is 1.00 bits per heavy atom. The zero-order valence-corrected chi connectivity index (χ0v) is 16.2. The maximum Gasteiger partial charge on any atom is 0 e. The van der Waals surface area contributed by atoms with Gasteiger partial charge in [0, 0.05) is 32.7 Å². The average Bonchev–Trinajstić information content (AvgIpc) is 2.46. The second-order valence-corrected chi connectivity index (χ2v) is 4.47. The van der Waals surface area contributed by atoms with Gasteiger partial charge in [-0.3, -0.25) is 0 Å². The van der Waals surface area contributed by atoms with Gasteiger partial charge in [0.1, 0.15) is 0 Å². The molecule has 0 fully saturated rings. The fourth-order valence-electron chi connectivity index (χ4n) is 2.14. The predicted octanol–water partition coefficient (Wildman–Crippen LogP) is 6.17. The van der Waals surface area contributed by atoms with Gasteiger partial charge in [0.05, 0.1) is 0 Å². The van der Waals surface area contributed by atoms with Crippen LogP contribution in [0.2, 0.25) is 0 Å². The van der Waals surface area contributed by atoms with Crippen LogP contribution in [0.5, 0.6) is 0 Å². The molecule has 0 unspecified atom stereocenters. The predicted molar refractivity (Wildman–Crippen MR) is 88.4 cm³/mol. The summed E-state index contributed by atoms with van der Waals surface area (Å²) in [6, 6.07) is 10.9. The van der Waals surface area contributed by atoms with Crippen molar-refractivity contribution in [3.05, 3.63) is 59.5 Å². The van der Waals surface area contributed by atoms with Gasteiger partial charge in [-0.1, -0.05) is 76.1 Å². The van der Waals surface area contributed by atoms with E-state index in [1.54, 1.807) is 0 Å². The molecule has 0 saturated carbocycles. The van der Waals surface area contributed by atoms with E-state index in [2.05, 4.69) is 69.7 Å². The Kier molecular flexibility index (Phi) is 9.89. The fourth-order valence-corrected chi connectivity index (χ4v) is 2.14. The minimum Gasteiger partial charge on any atom is -0.145 e. The molecule has 1 aliphatic carbocycles. The summed E-state index contributed by atoms with van der Waals surface area (Å²) in [6.07, 6.45) is 7.75. The minimum atomic E-state index is 0. The number of hydrogen-bond acceptors (Lipinski definition) is 0. The van der Waals surface area contributed by atoms with Crippen LogP contribution in [0.3, 0.4) is 0 Å². The second kappa shape index (κ2) is 10.2. The first-order valence-corrected chi connectivity index (χ1v) is 7.31. The monoisotopic (exact) mass is 342 g/mol. The summed E-state index contributed by atoms with van der Waals surface area (Å²) in [5, 5.41) is 2.73. The van der Waals surface area contributed by atoms with Gasteiger partial charge in [-0.05, 0) is 0 Å². The normalized spacial score (nSPS) is 10.2. The molecule has 3 rings (SSSR count). The van der Waals surface area contributed by atoms with Crippen molar-refractivity contribution in [1.29, 1.82) is 0 Å². The molecule has 1 heteroatoms. The summed E-state index contributed by atoms with van der Waals surface area (Å²) in [5.74, 6) is 0. The van der Waals surface area contributed by atoms with Crippen molar-refractivity contribution in [2.45, 2.75) is 41.0 Å². The molecular formula is C19H25Y-. The molecule has 0 spiro atoms. The Balaban J connectivity index is 0.000000540. The Bertz CT molecular complexity index is 553. The van der Waals surface area contributed by atoms with Crippen LogP contribution < -0.4 is 0 Å². The third-order valence-electron chi connectivity index (χ3n) is 2.87. The summed E-state index contributed by atoms with van der Waals surface area (Å²) < 4.78 is 0. The molecule has 20 heavy (non-hydrogen) atoms. The number of rotatable bonds is 0. The van der Waals surface area contributed by atoms with Crippen molar-refractivity contribution in [3.63, 3.8) is 0 Å². The van der Waals surface area contributed by atoms with Crippen molar-refractivity contribution in [1.82, 2.24) is 0 Å². The smallest absolute Gasteiger partial charge is 0 e. The van der Waals surface area contributed by atoms with E-state index in [1.807, 2.05) is 13.8 Å². The Labute approximate surface area is 149 Å². The van der Waals surface area contributed by atoms with E-state index < -0.39 is 0 Å². The molecule has 0 aromatic heterocycles. The van der Waals surface area contributed by atoms with Crippen LogP contribution in [-0.4, -0.2) is 0 Å². The van der Waals surface area contributed by atoms with Crippen molar-refractivity contribution in [2.24, 2.45) is 0 Å². The molecule has 2 aromatic rings. The van der Waals surface area contributed by atoms with Gasteiger partial charge >= 0.3 is 0 Å². The first-order valence-electron chi connectivity index (χ1n) is 7.31. The zero-order valence-electron chi connectivity index (χ0n) is 13.4. The van der Waals surface area contributed by atoms with Gasteiger partial charge in [-0.2, -0.15) is 0 Å². The zero-order chi connectivity index (χ0) is 14.3. The van der Waals surface area contributed by atoms with Crippen molar-refractivity contribution in [3.8, 4) is 0 Å². The van der Waals surface area contributed by atoms with E-state index in [0.717, 1.165) is 0 Å². The van der Waals surface area contributed by atoms with Crippen LogP contribution >= 0.6 is 0 Å². The molecule has 0 nitrogen and oxygen atoms in total. The van der Waals surface area contributed by atoms with Gasteiger partial charge in [-0.25, -0.2) is 0 Å². The first kappa shape index (κ1) is 19.4. The number of allylic oxidation sites excluding steroid dienone is 1. The fraction of sp³-hybridized carbons (Fsp3) is 0.316. The summed E-state index contributed by atoms with van der Waals surface area (Å²) in [5.41, 5.74) is 4.07. The van der Waals surface area contributed by atoms with Crippen LogP contribution in [-0.2, 0) is 32.7 Å². The van der Waals surface area contributed by atoms with Gasteiger partial charge in [0.2, 0.25) is 0 Å². The summed E-state index contributed by atoms with van der Waals surface area (Å²) in [4.78, 5) is 0. The average molecular weight is 342 g/mol. The third kappa shape index (κ3) is 4.47. The van der Waals surface area contributed by atoms with E-state index >= 15 is 0 Å². The molecule has 0 aliphatic heterocycles. The Morgan fingerprint density at radius 3 is 2.30 bits per heavy atom. The summed E-state index contributed by atoms with van der Waals surface area (Å²) in [7, 11) is 0. The van der Waals surface area contributed by atoms with E-state index in [1.165, 1.54) is 33.9 Å². The molecule has 0 N–H and O–H groups in total. The minimum absolute atomic E-state index is 0. The molecule has 105 valence electrons. The van der Waals surface area contributed by atoms with Gasteiger partial charge < -0.3 is 0 Å². The molecule has 0 heterocycles. The Morgan fingerprint density at radius 2 is 1.65 bits per heavy atom. The molecule has 1 radical (unpaired) electrons. The number of aryl methyl sites for hydroxylation is 1. The van der Waals surface area contributed by atoms with Gasteiger partial charge in [-0.15, -0.1) is 41.3 Å². The van der Waals surface area contributed by atoms with Crippen molar-refractivity contribution in [2.75, 3.05) is 0 Å². The molecule has 2 aromatic carbocycles. The Hall–Kier alpha value is -0.586. The molecule has 0 atom stereocenters. The van der Waals surface area contributed by atoms with E-state index in [0.29, 0.717) is 0 Å². The molecule has 1 aliphatic rings. The standard InChI is InChI=1S/C14H11.C3H8.C2H6.Y/c1-10-8-9-12-5-2-4-11-6-3-7-13(10)14(11)12;1-3-2;1-2;/h2-9H,1H3;3H2,1-2H3;1-2H3;/q-1;;;. The maximum absolute atomic E-state index is 2.20. The van der Waals surface area contributed by atoms with Gasteiger partial charge in [0.15, 0.2) is 0 Å². The van der Waals surface area contributed by atoms with Crippen LogP contribution in [0.4, 0.5) is 0 Å². The van der Waals surface area contributed by atoms with E-state index in [9.17, 15) is 0 Å². The van der Waals surface area contributed by atoms with Crippen LogP contribution in [0.25, 0.3) is 16.8 Å². The third-order valence-corrected chi connectivity index (χ3v) is 2.87. The molecule has 0 amide bonds. The molecule has 0 bridgehead atoms. The first-order chi connectivity index (χ1) is 9.27. The number of hydrogen-bond donors (Lipinski definition) is 0. The van der Waals surface area contributed by atoms with Crippen LogP contribution in [0.15, 0.2) is 36.4 Å². The topological polar surface area (TPSA) is 0 Å². The van der Waals surface area contributed by atoms with Crippen molar-refractivity contribution < 1.29 is 32.7 Å². The largest absolute Gasteiger partial charge is 0.145 e. The van der Waals surface area contributed by atoms with Crippen molar-refractivity contribution >= 4 is 16.8 Å².